The summed E-state index contributed by atoms with van der Waals surface area (Å²) in [6.45, 7) is 7.97. The van der Waals surface area contributed by atoms with Gasteiger partial charge in [0.25, 0.3) is 5.91 Å². The fourth-order valence-corrected chi connectivity index (χ4v) is 4.17. The number of carbonyl (C=O) groups excluding carboxylic acids is 1. The maximum Gasteiger partial charge on any atom is 0.265 e. The molecule has 3 heterocycles. The Kier molecular flexibility index (Phi) is 3.35. The van der Waals surface area contributed by atoms with Gasteiger partial charge in [0.2, 0.25) is 0 Å². The molecule has 1 aromatic heterocycles. The highest BCUT2D eigenvalue weighted by molar-refractivity contribution is 7.13. The molecule has 19 heavy (non-hydrogen) atoms. The molecule has 0 atom stereocenters. The van der Waals surface area contributed by atoms with Crippen LogP contribution < -0.4 is 5.32 Å². The topological polar surface area (TPSA) is 45.2 Å². The first-order chi connectivity index (χ1) is 9.10. The summed E-state index contributed by atoms with van der Waals surface area (Å²) in [6, 6.07) is 0. The monoisotopic (exact) mass is 279 g/mol. The van der Waals surface area contributed by atoms with Crippen molar-refractivity contribution in [3.8, 4) is 0 Å². The molecule has 0 aromatic carbocycles. The van der Waals surface area contributed by atoms with Crippen molar-refractivity contribution >= 4 is 17.2 Å². The normalized spacial score (nSPS) is 22.1. The van der Waals surface area contributed by atoms with E-state index in [9.17, 15) is 4.79 Å². The quantitative estimate of drug-likeness (QED) is 0.855. The summed E-state index contributed by atoms with van der Waals surface area (Å²) in [6.07, 6.45) is 3.55. The zero-order valence-electron chi connectivity index (χ0n) is 11.7. The van der Waals surface area contributed by atoms with Crippen molar-refractivity contribution in [3.05, 3.63) is 15.6 Å². The Morgan fingerprint density at radius 1 is 1.32 bits per heavy atom. The minimum Gasteiger partial charge on any atom is -0.338 e. The molecule has 2 fully saturated rings. The highest BCUT2D eigenvalue weighted by Gasteiger charge is 2.38. The van der Waals surface area contributed by atoms with Crippen molar-refractivity contribution in [2.45, 2.75) is 33.1 Å². The number of carbonyl (C=O) groups is 1. The van der Waals surface area contributed by atoms with Gasteiger partial charge in [-0.2, -0.15) is 0 Å². The summed E-state index contributed by atoms with van der Waals surface area (Å²) in [7, 11) is 0. The first-order valence-electron chi connectivity index (χ1n) is 7.04. The van der Waals surface area contributed by atoms with Crippen LogP contribution >= 0.6 is 11.3 Å². The molecule has 4 nitrogen and oxygen atoms in total. The number of aromatic nitrogens is 1. The molecular weight excluding hydrogens is 258 g/mol. The maximum absolute atomic E-state index is 12.5. The SMILES string of the molecule is Cc1nc(C)c(C(=O)N2CCC3(CCNC3)CC2)s1. The molecule has 0 aliphatic carbocycles. The highest BCUT2D eigenvalue weighted by atomic mass is 32.1. The summed E-state index contributed by atoms with van der Waals surface area (Å²) >= 11 is 1.53. The van der Waals surface area contributed by atoms with E-state index in [4.69, 9.17) is 0 Å². The van der Waals surface area contributed by atoms with Gasteiger partial charge in [-0.15, -0.1) is 11.3 Å². The smallest absolute Gasteiger partial charge is 0.265 e. The van der Waals surface area contributed by atoms with Crippen molar-refractivity contribution in [3.63, 3.8) is 0 Å². The van der Waals surface area contributed by atoms with Gasteiger partial charge in [-0.3, -0.25) is 4.79 Å². The zero-order chi connectivity index (χ0) is 13.5. The third-order valence-electron chi connectivity index (χ3n) is 4.54. The number of nitrogens with one attached hydrogen (secondary N) is 1. The van der Waals surface area contributed by atoms with E-state index < -0.39 is 0 Å². The summed E-state index contributed by atoms with van der Waals surface area (Å²) in [4.78, 5) is 19.7. The van der Waals surface area contributed by atoms with Crippen LogP contribution in [0.3, 0.4) is 0 Å². The second-order valence-electron chi connectivity index (χ2n) is 5.87. The predicted molar refractivity (Wildman–Crippen MR) is 76.6 cm³/mol. The fraction of sp³-hybridized carbons (Fsp3) is 0.714. The van der Waals surface area contributed by atoms with E-state index in [0.29, 0.717) is 5.41 Å². The van der Waals surface area contributed by atoms with Crippen molar-refractivity contribution in [2.24, 2.45) is 5.41 Å². The molecule has 1 spiro atoms. The molecule has 2 saturated heterocycles. The number of amides is 1. The Hall–Kier alpha value is -0.940. The molecule has 104 valence electrons. The molecule has 0 saturated carbocycles. The van der Waals surface area contributed by atoms with Crippen LogP contribution in [0.15, 0.2) is 0 Å². The Morgan fingerprint density at radius 3 is 2.58 bits per heavy atom. The van der Waals surface area contributed by atoms with Crippen molar-refractivity contribution in [2.75, 3.05) is 26.2 Å². The zero-order valence-corrected chi connectivity index (χ0v) is 12.5. The molecule has 5 heteroatoms. The number of hydrogen-bond donors (Lipinski definition) is 1. The van der Waals surface area contributed by atoms with E-state index in [1.807, 2.05) is 18.7 Å². The van der Waals surface area contributed by atoms with Crippen LogP contribution in [0.5, 0.6) is 0 Å². The van der Waals surface area contributed by atoms with Crippen LogP contribution in [-0.4, -0.2) is 42.0 Å². The Morgan fingerprint density at radius 2 is 2.05 bits per heavy atom. The van der Waals surface area contributed by atoms with Crippen LogP contribution in [-0.2, 0) is 0 Å². The molecule has 0 radical (unpaired) electrons. The van der Waals surface area contributed by atoms with E-state index in [-0.39, 0.29) is 5.91 Å². The number of hydrogen-bond acceptors (Lipinski definition) is 4. The molecule has 2 aliphatic heterocycles. The van der Waals surface area contributed by atoms with E-state index in [1.165, 1.54) is 17.8 Å². The maximum atomic E-state index is 12.5. The van der Waals surface area contributed by atoms with Crippen LogP contribution in [0.1, 0.15) is 39.6 Å². The summed E-state index contributed by atoms with van der Waals surface area (Å²) < 4.78 is 0. The van der Waals surface area contributed by atoms with Crippen molar-refractivity contribution < 1.29 is 4.79 Å². The molecule has 2 aliphatic rings. The van der Waals surface area contributed by atoms with Gasteiger partial charge in [-0.05, 0) is 45.1 Å². The standard InChI is InChI=1S/C14H21N3OS/c1-10-12(19-11(2)16-10)13(18)17-7-4-14(5-8-17)3-6-15-9-14/h15H,3-9H2,1-2H3. The molecular formula is C14H21N3OS. The first kappa shape index (κ1) is 13.1. The molecule has 1 amide bonds. The number of rotatable bonds is 1. The van der Waals surface area contributed by atoms with E-state index >= 15 is 0 Å². The minimum absolute atomic E-state index is 0.184. The average molecular weight is 279 g/mol. The molecule has 0 bridgehead atoms. The lowest BCUT2D eigenvalue weighted by atomic mass is 9.78. The molecule has 0 unspecified atom stereocenters. The lowest BCUT2D eigenvalue weighted by Gasteiger charge is -2.38. The predicted octanol–water partition coefficient (Wildman–Crippen LogP) is 1.98. The summed E-state index contributed by atoms with van der Waals surface area (Å²) in [5.74, 6) is 0.184. The van der Waals surface area contributed by atoms with Gasteiger partial charge in [0.15, 0.2) is 0 Å². The first-order valence-corrected chi connectivity index (χ1v) is 7.85. The van der Waals surface area contributed by atoms with Gasteiger partial charge >= 0.3 is 0 Å². The highest BCUT2D eigenvalue weighted by Crippen LogP contribution is 2.37. The van der Waals surface area contributed by atoms with Crippen LogP contribution in [0.2, 0.25) is 0 Å². The van der Waals surface area contributed by atoms with Gasteiger partial charge in [0.05, 0.1) is 10.7 Å². The van der Waals surface area contributed by atoms with Crippen LogP contribution in [0.25, 0.3) is 0 Å². The largest absolute Gasteiger partial charge is 0.338 e. The van der Waals surface area contributed by atoms with Gasteiger partial charge in [0.1, 0.15) is 4.88 Å². The minimum atomic E-state index is 0.184. The Labute approximate surface area is 118 Å². The number of likely N-dealkylation sites (tertiary alicyclic amines) is 1. The summed E-state index contributed by atoms with van der Waals surface area (Å²) in [5.41, 5.74) is 1.35. The van der Waals surface area contributed by atoms with E-state index in [1.54, 1.807) is 0 Å². The second kappa shape index (κ2) is 4.87. The molecule has 3 rings (SSSR count). The van der Waals surface area contributed by atoms with E-state index in [0.717, 1.165) is 54.6 Å². The second-order valence-corrected chi connectivity index (χ2v) is 7.07. The fourth-order valence-electron chi connectivity index (χ4n) is 3.28. The Balaban J connectivity index is 1.68. The van der Waals surface area contributed by atoms with Gasteiger partial charge in [0, 0.05) is 19.6 Å². The van der Waals surface area contributed by atoms with Crippen LogP contribution in [0.4, 0.5) is 0 Å². The number of piperidine rings is 1. The van der Waals surface area contributed by atoms with Crippen molar-refractivity contribution in [1.82, 2.24) is 15.2 Å². The third kappa shape index (κ3) is 2.41. The number of aryl methyl sites for hydroxylation is 2. The third-order valence-corrected chi connectivity index (χ3v) is 5.60. The average Bonchev–Trinajstić information content (AvgIpc) is 2.97. The number of nitrogens with zero attached hydrogens (tertiary/aromatic N) is 2. The lowest BCUT2D eigenvalue weighted by Crippen LogP contribution is -2.44. The Bertz CT molecular complexity index is 481. The lowest BCUT2D eigenvalue weighted by molar-refractivity contribution is 0.0611. The van der Waals surface area contributed by atoms with Gasteiger partial charge < -0.3 is 10.2 Å². The molecule has 1 N–H and O–H groups in total. The van der Waals surface area contributed by atoms with Gasteiger partial charge in [-0.25, -0.2) is 4.98 Å². The molecule has 1 aromatic rings. The van der Waals surface area contributed by atoms with Crippen molar-refractivity contribution in [1.29, 1.82) is 0 Å². The van der Waals surface area contributed by atoms with E-state index in [2.05, 4.69) is 10.3 Å². The van der Waals surface area contributed by atoms with Crippen LogP contribution in [0, 0.1) is 19.3 Å². The summed E-state index contributed by atoms with van der Waals surface area (Å²) in [5, 5.41) is 4.44. The van der Waals surface area contributed by atoms with Gasteiger partial charge in [-0.1, -0.05) is 0 Å². The number of thiazole rings is 1.